The number of hydrogen-bond donors (Lipinski definition) is 1. The maximum Gasteiger partial charge on any atom is 0.179 e. The van der Waals surface area contributed by atoms with E-state index in [1.54, 1.807) is 12.1 Å². The molecule has 0 fully saturated rings. The maximum atomic E-state index is 11.9. The molecule has 1 aromatic carbocycles. The van der Waals surface area contributed by atoms with E-state index < -0.39 is 15.9 Å². The smallest absolute Gasteiger partial charge is 0.179 e. The quantitative estimate of drug-likeness (QED) is 0.897. The second-order valence-electron chi connectivity index (χ2n) is 5.06. The van der Waals surface area contributed by atoms with Gasteiger partial charge >= 0.3 is 0 Å². The van der Waals surface area contributed by atoms with E-state index in [1.165, 1.54) is 0 Å². The lowest BCUT2D eigenvalue weighted by Crippen LogP contribution is -2.19. The number of fused-ring (bicyclic) bond motifs is 1. The number of rotatable bonds is 3. The van der Waals surface area contributed by atoms with Crippen LogP contribution in [0.5, 0.6) is 0 Å². The molecule has 2 unspecified atom stereocenters. The van der Waals surface area contributed by atoms with Crippen molar-refractivity contribution in [3.8, 4) is 0 Å². The van der Waals surface area contributed by atoms with Gasteiger partial charge in [0.15, 0.2) is 9.84 Å². The normalized spacial score (nSPS) is 23.6. The lowest BCUT2D eigenvalue weighted by atomic mass is 9.91. The highest BCUT2D eigenvalue weighted by molar-refractivity contribution is 7.91. The first-order valence-corrected chi connectivity index (χ1v) is 7.57. The molecule has 2 atom stereocenters. The Bertz CT molecular complexity index is 505. The highest BCUT2D eigenvalue weighted by Gasteiger charge is 2.35. The fourth-order valence-electron chi connectivity index (χ4n) is 2.30. The van der Waals surface area contributed by atoms with Crippen molar-refractivity contribution in [2.24, 2.45) is 5.92 Å². The molecule has 0 aromatic heterocycles. The van der Waals surface area contributed by atoms with Gasteiger partial charge in [0, 0.05) is 5.92 Å². The number of hydrogen-bond acceptors (Lipinski definition) is 3. The average molecular weight is 254 g/mol. The van der Waals surface area contributed by atoms with Crippen LogP contribution in [0.15, 0.2) is 29.2 Å². The monoisotopic (exact) mass is 254 g/mol. The molecule has 4 heteroatoms. The van der Waals surface area contributed by atoms with Crippen molar-refractivity contribution < 1.29 is 13.5 Å². The zero-order valence-electron chi connectivity index (χ0n) is 10.1. The summed E-state index contributed by atoms with van der Waals surface area (Å²) in [5.74, 6) is 0.231. The number of aliphatic hydroxyl groups excluding tert-OH is 1. The van der Waals surface area contributed by atoms with Crippen molar-refractivity contribution in [3.63, 3.8) is 0 Å². The molecule has 3 nitrogen and oxygen atoms in total. The van der Waals surface area contributed by atoms with Crippen molar-refractivity contribution in [2.75, 3.05) is 5.75 Å². The second kappa shape index (κ2) is 4.42. The first-order chi connectivity index (χ1) is 7.92. The lowest BCUT2D eigenvalue weighted by molar-refractivity contribution is 0.110. The standard InChI is InChI=1S/C13H18O3S/c1-9(2)12(14)7-10-8-17(15,16)13-6-4-3-5-11(10)13/h3-6,9-10,12,14H,7-8H2,1-2H3. The maximum absolute atomic E-state index is 11.9. The zero-order chi connectivity index (χ0) is 12.6. The molecule has 2 rings (SSSR count). The molecule has 1 aromatic rings. The molecular weight excluding hydrogens is 236 g/mol. The van der Waals surface area contributed by atoms with Gasteiger partial charge in [-0.15, -0.1) is 0 Å². The predicted octanol–water partition coefficient (Wildman–Crippen LogP) is 1.96. The van der Waals surface area contributed by atoms with Crippen LogP contribution < -0.4 is 0 Å². The number of sulfone groups is 1. The summed E-state index contributed by atoms with van der Waals surface area (Å²) < 4.78 is 23.9. The van der Waals surface area contributed by atoms with Crippen LogP contribution in [0.4, 0.5) is 0 Å². The van der Waals surface area contributed by atoms with Gasteiger partial charge in [-0.2, -0.15) is 0 Å². The first kappa shape index (κ1) is 12.6. The van der Waals surface area contributed by atoms with E-state index in [-0.39, 0.29) is 17.6 Å². The van der Waals surface area contributed by atoms with Gasteiger partial charge < -0.3 is 5.11 Å². The molecule has 0 saturated carbocycles. The topological polar surface area (TPSA) is 54.4 Å². The van der Waals surface area contributed by atoms with Crippen molar-refractivity contribution in [3.05, 3.63) is 29.8 Å². The third kappa shape index (κ3) is 2.38. The Morgan fingerprint density at radius 1 is 1.35 bits per heavy atom. The summed E-state index contributed by atoms with van der Waals surface area (Å²) in [6, 6.07) is 7.12. The van der Waals surface area contributed by atoms with Crippen LogP contribution in [-0.4, -0.2) is 25.4 Å². The van der Waals surface area contributed by atoms with E-state index in [9.17, 15) is 13.5 Å². The van der Waals surface area contributed by atoms with E-state index in [1.807, 2.05) is 26.0 Å². The third-order valence-corrected chi connectivity index (χ3v) is 5.29. The Morgan fingerprint density at radius 2 is 2.00 bits per heavy atom. The summed E-state index contributed by atoms with van der Waals surface area (Å²) in [4.78, 5) is 0.445. The van der Waals surface area contributed by atoms with Crippen molar-refractivity contribution in [1.82, 2.24) is 0 Å². The molecule has 94 valence electrons. The van der Waals surface area contributed by atoms with Gasteiger partial charge in [0.25, 0.3) is 0 Å². The second-order valence-corrected chi connectivity index (χ2v) is 7.07. The van der Waals surface area contributed by atoms with Gasteiger partial charge in [-0.05, 0) is 24.0 Å². The molecule has 1 heterocycles. The van der Waals surface area contributed by atoms with E-state index in [0.717, 1.165) is 5.56 Å². The van der Waals surface area contributed by atoms with Gasteiger partial charge in [0.1, 0.15) is 0 Å². The van der Waals surface area contributed by atoms with Gasteiger partial charge in [-0.3, -0.25) is 0 Å². The fourth-order valence-corrected chi connectivity index (χ4v) is 4.21. The van der Waals surface area contributed by atoms with Crippen LogP contribution >= 0.6 is 0 Å². The van der Waals surface area contributed by atoms with Crippen LogP contribution in [0.25, 0.3) is 0 Å². The Labute approximate surface area is 102 Å². The van der Waals surface area contributed by atoms with Crippen LogP contribution in [0.2, 0.25) is 0 Å². The van der Waals surface area contributed by atoms with Crippen LogP contribution in [-0.2, 0) is 9.84 Å². The molecular formula is C13H18O3S. The summed E-state index contributed by atoms with van der Waals surface area (Å²) in [5.41, 5.74) is 0.868. The van der Waals surface area contributed by atoms with Crippen LogP contribution in [0.3, 0.4) is 0 Å². The Balaban J connectivity index is 2.30. The minimum Gasteiger partial charge on any atom is -0.393 e. The summed E-state index contributed by atoms with van der Waals surface area (Å²) in [5, 5.41) is 9.89. The molecule has 0 radical (unpaired) electrons. The van der Waals surface area contributed by atoms with Gasteiger partial charge in [-0.25, -0.2) is 8.42 Å². The largest absolute Gasteiger partial charge is 0.393 e. The van der Waals surface area contributed by atoms with Crippen LogP contribution in [0, 0.1) is 5.92 Å². The van der Waals surface area contributed by atoms with Crippen molar-refractivity contribution in [1.29, 1.82) is 0 Å². The minimum absolute atomic E-state index is 0.0615. The van der Waals surface area contributed by atoms with Crippen molar-refractivity contribution in [2.45, 2.75) is 37.2 Å². The molecule has 0 spiro atoms. The van der Waals surface area contributed by atoms with Crippen LogP contribution in [0.1, 0.15) is 31.7 Å². The minimum atomic E-state index is -3.14. The molecule has 0 bridgehead atoms. The van der Waals surface area contributed by atoms with E-state index in [4.69, 9.17) is 0 Å². The van der Waals surface area contributed by atoms with E-state index in [0.29, 0.717) is 11.3 Å². The first-order valence-electron chi connectivity index (χ1n) is 5.91. The fraction of sp³-hybridized carbons (Fsp3) is 0.538. The van der Waals surface area contributed by atoms with Gasteiger partial charge in [0.05, 0.1) is 16.8 Å². The Kier molecular flexibility index (Phi) is 3.27. The summed E-state index contributed by atoms with van der Waals surface area (Å²) in [7, 11) is -3.14. The predicted molar refractivity (Wildman–Crippen MR) is 66.7 cm³/mol. The molecule has 1 N–H and O–H groups in total. The highest BCUT2D eigenvalue weighted by atomic mass is 32.2. The summed E-state index contributed by atoms with van der Waals surface area (Å²) in [6.45, 7) is 3.89. The SMILES string of the molecule is CC(C)C(O)CC1CS(=O)(=O)c2ccccc21. The molecule has 0 saturated heterocycles. The van der Waals surface area contributed by atoms with E-state index in [2.05, 4.69) is 0 Å². The zero-order valence-corrected chi connectivity index (χ0v) is 10.9. The number of benzene rings is 1. The van der Waals surface area contributed by atoms with Crippen molar-refractivity contribution >= 4 is 9.84 Å². The van der Waals surface area contributed by atoms with Gasteiger partial charge in [-0.1, -0.05) is 32.0 Å². The third-order valence-electron chi connectivity index (χ3n) is 3.41. The summed E-state index contributed by atoms with van der Waals surface area (Å²) in [6.07, 6.45) is 0.0785. The molecule has 1 aliphatic heterocycles. The number of aliphatic hydroxyl groups is 1. The molecule has 1 aliphatic rings. The Morgan fingerprint density at radius 3 is 2.65 bits per heavy atom. The molecule has 0 aliphatic carbocycles. The molecule has 0 amide bonds. The van der Waals surface area contributed by atoms with E-state index >= 15 is 0 Å². The Hall–Kier alpha value is -0.870. The highest BCUT2D eigenvalue weighted by Crippen LogP contribution is 2.37. The van der Waals surface area contributed by atoms with Gasteiger partial charge in [0.2, 0.25) is 0 Å². The lowest BCUT2D eigenvalue weighted by Gasteiger charge is -2.18. The summed E-state index contributed by atoms with van der Waals surface area (Å²) >= 11 is 0. The average Bonchev–Trinajstić information content (AvgIpc) is 2.51. The molecule has 17 heavy (non-hydrogen) atoms.